The zero-order chi connectivity index (χ0) is 15.1. The summed E-state index contributed by atoms with van der Waals surface area (Å²) in [5.41, 5.74) is 0. The highest BCUT2D eigenvalue weighted by Gasteiger charge is 2.05. The topological polar surface area (TPSA) is 26.3 Å². The van der Waals surface area contributed by atoms with Gasteiger partial charge in [-0.15, -0.1) is 0 Å². The Bertz CT molecular complexity index is 246. The molecule has 0 saturated carbocycles. The van der Waals surface area contributed by atoms with E-state index >= 15 is 0 Å². The van der Waals surface area contributed by atoms with E-state index in [2.05, 4.69) is 32.9 Å². The number of carbonyl (C=O) groups is 1. The second-order valence-corrected chi connectivity index (χ2v) is 5.78. The molecule has 0 aromatic rings. The van der Waals surface area contributed by atoms with Crippen molar-refractivity contribution in [2.45, 2.75) is 85.0 Å². The number of hydrogen-bond acceptors (Lipinski definition) is 2. The molecule has 0 radical (unpaired) electrons. The highest BCUT2D eigenvalue weighted by Crippen LogP contribution is 2.12. The maximum absolute atomic E-state index is 11.5. The van der Waals surface area contributed by atoms with Crippen molar-refractivity contribution in [3.8, 4) is 0 Å². The first kappa shape index (κ1) is 19.2. The quantitative estimate of drug-likeness (QED) is 0.247. The van der Waals surface area contributed by atoms with Gasteiger partial charge < -0.3 is 4.74 Å². The Hall–Kier alpha value is -0.790. The van der Waals surface area contributed by atoms with Gasteiger partial charge in [0.2, 0.25) is 0 Å². The Kier molecular flexibility index (Phi) is 14.0. The predicted octanol–water partition coefficient (Wildman–Crippen LogP) is 5.66. The Morgan fingerprint density at radius 1 is 1.10 bits per heavy atom. The van der Waals surface area contributed by atoms with E-state index in [0.29, 0.717) is 18.9 Å². The minimum atomic E-state index is -0.0128. The van der Waals surface area contributed by atoms with Crippen molar-refractivity contribution in [1.82, 2.24) is 0 Å². The monoisotopic (exact) mass is 282 g/mol. The third kappa shape index (κ3) is 13.6. The lowest BCUT2D eigenvalue weighted by Gasteiger charge is -2.10. The molecular formula is C18H34O2. The van der Waals surface area contributed by atoms with Crippen molar-refractivity contribution in [3.05, 3.63) is 12.2 Å². The van der Waals surface area contributed by atoms with E-state index in [0.717, 1.165) is 25.7 Å². The van der Waals surface area contributed by atoms with Gasteiger partial charge in [-0.2, -0.15) is 0 Å². The molecule has 118 valence electrons. The standard InChI is InChI=1S/C18H34O2/c1-4-6-8-9-10-12-14-18(19)20-16-15-17(3)13-11-7-5-2/h5,7,17H,4,6,8-16H2,1-3H3/b7-5+. The van der Waals surface area contributed by atoms with Gasteiger partial charge in [0, 0.05) is 6.42 Å². The summed E-state index contributed by atoms with van der Waals surface area (Å²) in [5.74, 6) is 0.620. The van der Waals surface area contributed by atoms with Crippen molar-refractivity contribution in [3.63, 3.8) is 0 Å². The van der Waals surface area contributed by atoms with Gasteiger partial charge in [-0.3, -0.25) is 4.79 Å². The Morgan fingerprint density at radius 2 is 1.80 bits per heavy atom. The Morgan fingerprint density at radius 3 is 2.50 bits per heavy atom. The van der Waals surface area contributed by atoms with Gasteiger partial charge in [0.05, 0.1) is 6.61 Å². The van der Waals surface area contributed by atoms with Crippen LogP contribution in [-0.4, -0.2) is 12.6 Å². The van der Waals surface area contributed by atoms with E-state index in [1.807, 2.05) is 0 Å². The fourth-order valence-electron chi connectivity index (χ4n) is 2.19. The molecule has 0 heterocycles. The van der Waals surface area contributed by atoms with Gasteiger partial charge in [0.25, 0.3) is 0 Å². The van der Waals surface area contributed by atoms with Crippen LogP contribution in [0.4, 0.5) is 0 Å². The van der Waals surface area contributed by atoms with Crippen LogP contribution in [0.2, 0.25) is 0 Å². The van der Waals surface area contributed by atoms with Crippen LogP contribution in [0.5, 0.6) is 0 Å². The van der Waals surface area contributed by atoms with E-state index in [-0.39, 0.29) is 5.97 Å². The molecule has 1 atom stereocenters. The number of allylic oxidation sites excluding steroid dienone is 2. The SMILES string of the molecule is C/C=C/CCC(C)CCOC(=O)CCCCCCCC. The van der Waals surface area contributed by atoms with Gasteiger partial charge in [0.15, 0.2) is 0 Å². The second kappa shape index (κ2) is 14.6. The van der Waals surface area contributed by atoms with Crippen molar-refractivity contribution >= 4 is 5.97 Å². The molecule has 0 amide bonds. The van der Waals surface area contributed by atoms with Crippen molar-refractivity contribution < 1.29 is 9.53 Å². The molecule has 20 heavy (non-hydrogen) atoms. The van der Waals surface area contributed by atoms with E-state index in [4.69, 9.17) is 4.74 Å². The van der Waals surface area contributed by atoms with Crippen molar-refractivity contribution in [2.24, 2.45) is 5.92 Å². The summed E-state index contributed by atoms with van der Waals surface area (Å²) in [5, 5.41) is 0. The molecule has 0 rings (SSSR count). The van der Waals surface area contributed by atoms with Crippen LogP contribution < -0.4 is 0 Å². The maximum atomic E-state index is 11.5. The molecule has 2 heteroatoms. The molecule has 0 N–H and O–H groups in total. The molecule has 0 aliphatic heterocycles. The van der Waals surface area contributed by atoms with Gasteiger partial charge in [-0.05, 0) is 38.5 Å². The number of rotatable bonds is 13. The third-order valence-corrected chi connectivity index (χ3v) is 3.67. The largest absolute Gasteiger partial charge is 0.466 e. The highest BCUT2D eigenvalue weighted by atomic mass is 16.5. The fourth-order valence-corrected chi connectivity index (χ4v) is 2.19. The first-order chi connectivity index (χ1) is 9.70. The Balaban J connectivity index is 3.35. The molecule has 0 aromatic carbocycles. The summed E-state index contributed by atoms with van der Waals surface area (Å²) in [6.07, 6.45) is 15.5. The molecule has 1 unspecified atom stereocenters. The van der Waals surface area contributed by atoms with Gasteiger partial charge in [-0.25, -0.2) is 0 Å². The molecule has 0 fully saturated rings. The average molecular weight is 282 g/mol. The lowest BCUT2D eigenvalue weighted by atomic mass is 10.0. The minimum Gasteiger partial charge on any atom is -0.466 e. The average Bonchev–Trinajstić information content (AvgIpc) is 2.43. The first-order valence-electron chi connectivity index (χ1n) is 8.47. The molecule has 0 aliphatic rings. The third-order valence-electron chi connectivity index (χ3n) is 3.67. The normalized spacial score (nSPS) is 12.8. The van der Waals surface area contributed by atoms with Crippen molar-refractivity contribution in [1.29, 1.82) is 0 Å². The molecule has 0 aliphatic carbocycles. The Labute approximate surface area is 126 Å². The number of carbonyl (C=O) groups excluding carboxylic acids is 1. The molecule has 2 nitrogen and oxygen atoms in total. The van der Waals surface area contributed by atoms with Gasteiger partial charge in [-0.1, -0.05) is 58.1 Å². The van der Waals surface area contributed by atoms with E-state index in [9.17, 15) is 4.79 Å². The fraction of sp³-hybridized carbons (Fsp3) is 0.833. The summed E-state index contributed by atoms with van der Waals surface area (Å²) < 4.78 is 5.29. The zero-order valence-corrected chi connectivity index (χ0v) is 13.8. The van der Waals surface area contributed by atoms with Crippen molar-refractivity contribution in [2.75, 3.05) is 6.61 Å². The van der Waals surface area contributed by atoms with Gasteiger partial charge in [0.1, 0.15) is 0 Å². The number of ether oxygens (including phenoxy) is 1. The predicted molar refractivity (Wildman–Crippen MR) is 86.8 cm³/mol. The zero-order valence-electron chi connectivity index (χ0n) is 13.8. The van der Waals surface area contributed by atoms with Crippen LogP contribution in [0.15, 0.2) is 12.2 Å². The van der Waals surface area contributed by atoms with Gasteiger partial charge >= 0.3 is 5.97 Å². The molecule has 0 bridgehead atoms. The van der Waals surface area contributed by atoms with Crippen LogP contribution in [0, 0.1) is 5.92 Å². The molecule has 0 spiro atoms. The highest BCUT2D eigenvalue weighted by molar-refractivity contribution is 5.69. The van der Waals surface area contributed by atoms with Crippen LogP contribution in [-0.2, 0) is 9.53 Å². The summed E-state index contributed by atoms with van der Waals surface area (Å²) in [4.78, 5) is 11.5. The molecule has 0 saturated heterocycles. The minimum absolute atomic E-state index is 0.0128. The van der Waals surface area contributed by atoms with Crippen LogP contribution in [0.1, 0.15) is 85.0 Å². The number of unbranched alkanes of at least 4 members (excludes halogenated alkanes) is 5. The summed E-state index contributed by atoms with van der Waals surface area (Å²) in [6.45, 7) is 7.09. The van der Waals surface area contributed by atoms with Crippen LogP contribution in [0.25, 0.3) is 0 Å². The lowest BCUT2D eigenvalue weighted by Crippen LogP contribution is -2.08. The summed E-state index contributed by atoms with van der Waals surface area (Å²) in [7, 11) is 0. The van der Waals surface area contributed by atoms with Crippen LogP contribution in [0.3, 0.4) is 0 Å². The second-order valence-electron chi connectivity index (χ2n) is 5.78. The maximum Gasteiger partial charge on any atom is 0.305 e. The summed E-state index contributed by atoms with van der Waals surface area (Å²) in [6, 6.07) is 0. The lowest BCUT2D eigenvalue weighted by molar-refractivity contribution is -0.144. The number of hydrogen-bond donors (Lipinski definition) is 0. The summed E-state index contributed by atoms with van der Waals surface area (Å²) >= 11 is 0. The molecule has 0 aromatic heterocycles. The molecular weight excluding hydrogens is 248 g/mol. The first-order valence-corrected chi connectivity index (χ1v) is 8.47. The number of esters is 1. The van der Waals surface area contributed by atoms with E-state index < -0.39 is 0 Å². The van der Waals surface area contributed by atoms with E-state index in [1.165, 1.54) is 32.1 Å². The van der Waals surface area contributed by atoms with E-state index in [1.54, 1.807) is 0 Å². The smallest absolute Gasteiger partial charge is 0.305 e. The van der Waals surface area contributed by atoms with Crippen LogP contribution >= 0.6 is 0 Å².